The SMILES string of the molecule is C=CN(C=CN)CC. The van der Waals surface area contributed by atoms with E-state index in [0.717, 1.165) is 6.54 Å². The molecule has 0 fully saturated rings. The fraction of sp³-hybridized carbons (Fsp3) is 0.333. The Bertz CT molecular complexity index is 86.5. The van der Waals surface area contributed by atoms with Gasteiger partial charge in [-0.1, -0.05) is 6.58 Å². The molecule has 0 unspecified atom stereocenters. The van der Waals surface area contributed by atoms with Gasteiger partial charge in [0.05, 0.1) is 0 Å². The average molecular weight is 112 g/mol. The molecule has 0 saturated carbocycles. The molecule has 0 atom stereocenters. The van der Waals surface area contributed by atoms with Crippen molar-refractivity contribution in [2.45, 2.75) is 6.92 Å². The van der Waals surface area contributed by atoms with E-state index in [-0.39, 0.29) is 0 Å². The lowest BCUT2D eigenvalue weighted by Gasteiger charge is -2.08. The van der Waals surface area contributed by atoms with Crippen LogP contribution in [0, 0.1) is 0 Å². The first-order chi connectivity index (χ1) is 3.85. The Morgan fingerprint density at radius 2 is 2.38 bits per heavy atom. The van der Waals surface area contributed by atoms with Crippen molar-refractivity contribution in [2.24, 2.45) is 5.73 Å². The zero-order valence-corrected chi connectivity index (χ0v) is 5.17. The van der Waals surface area contributed by atoms with Gasteiger partial charge in [-0.3, -0.25) is 0 Å². The molecule has 0 bridgehead atoms. The molecule has 0 rings (SSSR count). The smallest absolute Gasteiger partial charge is 0.0191 e. The van der Waals surface area contributed by atoms with Gasteiger partial charge in [0.2, 0.25) is 0 Å². The highest BCUT2D eigenvalue weighted by atomic mass is 15.1. The summed E-state index contributed by atoms with van der Waals surface area (Å²) in [5.74, 6) is 0. The Kier molecular flexibility index (Phi) is 3.76. The standard InChI is InChI=1S/C6H12N2/c1-3-8(4-2)6-5-7/h3,5-6H,1,4,7H2,2H3. The van der Waals surface area contributed by atoms with Crippen LogP contribution in [0.25, 0.3) is 0 Å². The van der Waals surface area contributed by atoms with Crippen LogP contribution in [0.4, 0.5) is 0 Å². The summed E-state index contributed by atoms with van der Waals surface area (Å²) in [5.41, 5.74) is 5.11. The van der Waals surface area contributed by atoms with Gasteiger partial charge < -0.3 is 10.6 Å². The number of hydrogen-bond acceptors (Lipinski definition) is 2. The Hall–Kier alpha value is -0.920. The van der Waals surface area contributed by atoms with Crippen LogP contribution in [-0.2, 0) is 0 Å². The second-order valence-electron chi connectivity index (χ2n) is 1.35. The van der Waals surface area contributed by atoms with Crippen LogP contribution in [0.3, 0.4) is 0 Å². The van der Waals surface area contributed by atoms with E-state index in [2.05, 4.69) is 6.58 Å². The molecule has 0 radical (unpaired) electrons. The molecule has 0 heterocycles. The highest BCUT2D eigenvalue weighted by molar-refractivity contribution is 4.83. The third-order valence-corrected chi connectivity index (χ3v) is 0.877. The molecule has 0 aliphatic heterocycles. The van der Waals surface area contributed by atoms with E-state index >= 15 is 0 Å². The topological polar surface area (TPSA) is 29.3 Å². The molecule has 0 aromatic heterocycles. The van der Waals surface area contributed by atoms with Crippen LogP contribution in [0.5, 0.6) is 0 Å². The maximum absolute atomic E-state index is 5.11. The second-order valence-corrected chi connectivity index (χ2v) is 1.35. The second kappa shape index (κ2) is 4.24. The van der Waals surface area contributed by atoms with Crippen molar-refractivity contribution in [3.05, 3.63) is 25.2 Å². The monoisotopic (exact) mass is 112 g/mol. The summed E-state index contributed by atoms with van der Waals surface area (Å²) in [5, 5.41) is 0. The predicted molar refractivity (Wildman–Crippen MR) is 35.9 cm³/mol. The molecule has 46 valence electrons. The van der Waals surface area contributed by atoms with Crippen LogP contribution in [-0.4, -0.2) is 11.4 Å². The third-order valence-electron chi connectivity index (χ3n) is 0.877. The molecule has 0 saturated heterocycles. The zero-order chi connectivity index (χ0) is 6.41. The molecule has 0 aromatic carbocycles. The molecule has 2 heteroatoms. The molecule has 8 heavy (non-hydrogen) atoms. The average Bonchev–Trinajstić information content (AvgIpc) is 1.83. The summed E-state index contributed by atoms with van der Waals surface area (Å²) in [6.07, 6.45) is 4.99. The Morgan fingerprint density at radius 1 is 1.75 bits per heavy atom. The minimum atomic E-state index is 0.914. The number of rotatable bonds is 3. The van der Waals surface area contributed by atoms with Gasteiger partial charge in [0.15, 0.2) is 0 Å². The summed E-state index contributed by atoms with van der Waals surface area (Å²) in [6, 6.07) is 0. The van der Waals surface area contributed by atoms with Crippen LogP contribution < -0.4 is 5.73 Å². The van der Waals surface area contributed by atoms with Crippen molar-refractivity contribution >= 4 is 0 Å². The third kappa shape index (κ3) is 2.29. The molecule has 2 N–H and O–H groups in total. The first kappa shape index (κ1) is 7.08. The lowest BCUT2D eigenvalue weighted by molar-refractivity contribution is 0.537. The Balaban J connectivity index is 3.52. The van der Waals surface area contributed by atoms with Gasteiger partial charge in [0.25, 0.3) is 0 Å². The van der Waals surface area contributed by atoms with E-state index in [1.165, 1.54) is 6.20 Å². The molecule has 0 aliphatic carbocycles. The fourth-order valence-corrected chi connectivity index (χ4v) is 0.406. The van der Waals surface area contributed by atoms with Gasteiger partial charge >= 0.3 is 0 Å². The summed E-state index contributed by atoms with van der Waals surface area (Å²) >= 11 is 0. The molecule has 0 aliphatic rings. The van der Waals surface area contributed by atoms with Gasteiger partial charge in [0, 0.05) is 18.9 Å². The van der Waals surface area contributed by atoms with Crippen LogP contribution >= 0.6 is 0 Å². The highest BCUT2D eigenvalue weighted by Crippen LogP contribution is 1.85. The molecule has 2 nitrogen and oxygen atoms in total. The van der Waals surface area contributed by atoms with E-state index < -0.39 is 0 Å². The normalized spacial score (nSPS) is 9.62. The van der Waals surface area contributed by atoms with Crippen molar-refractivity contribution < 1.29 is 0 Å². The van der Waals surface area contributed by atoms with Gasteiger partial charge in [0.1, 0.15) is 0 Å². The predicted octanol–water partition coefficient (Wildman–Crippen LogP) is 0.882. The van der Waals surface area contributed by atoms with Crippen molar-refractivity contribution in [2.75, 3.05) is 6.54 Å². The van der Waals surface area contributed by atoms with E-state index in [9.17, 15) is 0 Å². The molecular weight excluding hydrogens is 100 g/mol. The molecule has 0 aromatic rings. The van der Waals surface area contributed by atoms with Gasteiger partial charge in [-0.2, -0.15) is 0 Å². The van der Waals surface area contributed by atoms with Crippen LogP contribution in [0.1, 0.15) is 6.92 Å². The van der Waals surface area contributed by atoms with Crippen LogP contribution in [0.15, 0.2) is 25.2 Å². The van der Waals surface area contributed by atoms with Crippen molar-refractivity contribution in [3.63, 3.8) is 0 Å². The lowest BCUT2D eigenvalue weighted by Crippen LogP contribution is -2.07. The molecule has 0 amide bonds. The molecular formula is C6H12N2. The minimum absolute atomic E-state index is 0.914. The summed E-state index contributed by atoms with van der Waals surface area (Å²) < 4.78 is 0. The van der Waals surface area contributed by atoms with Gasteiger partial charge in [-0.15, -0.1) is 0 Å². The minimum Gasteiger partial charge on any atom is -0.403 e. The number of nitrogens with zero attached hydrogens (tertiary/aromatic N) is 1. The number of hydrogen-bond donors (Lipinski definition) is 1. The summed E-state index contributed by atoms with van der Waals surface area (Å²) in [4.78, 5) is 1.89. The largest absolute Gasteiger partial charge is 0.403 e. The van der Waals surface area contributed by atoms with Crippen molar-refractivity contribution in [1.82, 2.24) is 4.90 Å². The van der Waals surface area contributed by atoms with Gasteiger partial charge in [-0.25, -0.2) is 0 Å². The molecule has 0 spiro atoms. The fourth-order valence-electron chi connectivity index (χ4n) is 0.406. The van der Waals surface area contributed by atoms with Crippen molar-refractivity contribution in [1.29, 1.82) is 0 Å². The number of nitrogens with two attached hydrogens (primary N) is 1. The van der Waals surface area contributed by atoms with Gasteiger partial charge in [-0.05, 0) is 13.1 Å². The van der Waals surface area contributed by atoms with E-state index in [0.29, 0.717) is 0 Å². The quantitative estimate of drug-likeness (QED) is 0.587. The first-order valence-corrected chi connectivity index (χ1v) is 2.61. The first-order valence-electron chi connectivity index (χ1n) is 2.61. The maximum atomic E-state index is 5.11. The van der Waals surface area contributed by atoms with Crippen molar-refractivity contribution in [3.8, 4) is 0 Å². The maximum Gasteiger partial charge on any atom is 0.0191 e. The zero-order valence-electron chi connectivity index (χ0n) is 5.17. The summed E-state index contributed by atoms with van der Waals surface area (Å²) in [6.45, 7) is 6.51. The highest BCUT2D eigenvalue weighted by Gasteiger charge is 1.81. The van der Waals surface area contributed by atoms with E-state index in [1.54, 1.807) is 12.4 Å². The van der Waals surface area contributed by atoms with Crippen LogP contribution in [0.2, 0.25) is 0 Å². The lowest BCUT2D eigenvalue weighted by atomic mass is 10.6. The Labute approximate surface area is 50.3 Å². The summed E-state index contributed by atoms with van der Waals surface area (Å²) in [7, 11) is 0. The van der Waals surface area contributed by atoms with E-state index in [4.69, 9.17) is 5.73 Å². The van der Waals surface area contributed by atoms with E-state index in [1.807, 2.05) is 11.8 Å². The Morgan fingerprint density at radius 3 is 2.50 bits per heavy atom.